The Hall–Kier alpha value is -1.00. The van der Waals surface area contributed by atoms with Gasteiger partial charge in [-0.1, -0.05) is 19.9 Å². The summed E-state index contributed by atoms with van der Waals surface area (Å²) >= 11 is 0. The maximum absolute atomic E-state index is 13.1. The molecule has 96 valence electrons. The van der Waals surface area contributed by atoms with Gasteiger partial charge in [0.1, 0.15) is 0 Å². The van der Waals surface area contributed by atoms with Crippen LogP contribution in [0, 0.1) is 11.6 Å². The van der Waals surface area contributed by atoms with E-state index in [4.69, 9.17) is 5.73 Å². The second kappa shape index (κ2) is 5.56. The number of nitrogens with two attached hydrogens (primary N) is 1. The van der Waals surface area contributed by atoms with Crippen molar-refractivity contribution in [3.8, 4) is 0 Å². The van der Waals surface area contributed by atoms with Gasteiger partial charge in [-0.3, -0.25) is 4.90 Å². The summed E-state index contributed by atoms with van der Waals surface area (Å²) in [6, 6.07) is 3.93. The zero-order chi connectivity index (χ0) is 13.1. The van der Waals surface area contributed by atoms with Gasteiger partial charge in [-0.2, -0.15) is 0 Å². The SMILES string of the molecule is CCN(CC)C(C)(N)Cc1ccc(F)c(F)c1. The fraction of sp³-hybridized carbons (Fsp3) is 0.538. The number of hydrogen-bond donors (Lipinski definition) is 1. The molecule has 1 rings (SSSR count). The van der Waals surface area contributed by atoms with Gasteiger partial charge in [-0.05, 0) is 37.7 Å². The standard InChI is InChI=1S/C13H20F2N2/c1-4-17(5-2)13(3,16)9-10-6-7-11(14)12(15)8-10/h6-8H,4-5,9,16H2,1-3H3. The van der Waals surface area contributed by atoms with Gasteiger partial charge in [0, 0.05) is 6.42 Å². The molecule has 0 aliphatic rings. The lowest BCUT2D eigenvalue weighted by Crippen LogP contribution is -2.55. The van der Waals surface area contributed by atoms with Crippen LogP contribution < -0.4 is 5.73 Å². The van der Waals surface area contributed by atoms with E-state index in [1.807, 2.05) is 20.8 Å². The second-order valence-electron chi connectivity index (χ2n) is 4.45. The topological polar surface area (TPSA) is 29.3 Å². The summed E-state index contributed by atoms with van der Waals surface area (Å²) in [6.45, 7) is 7.61. The molecule has 17 heavy (non-hydrogen) atoms. The van der Waals surface area contributed by atoms with Crippen molar-refractivity contribution < 1.29 is 8.78 Å². The van der Waals surface area contributed by atoms with Crippen molar-refractivity contribution in [2.45, 2.75) is 32.9 Å². The minimum absolute atomic E-state index is 0.492. The summed E-state index contributed by atoms with van der Waals surface area (Å²) < 4.78 is 25.9. The number of rotatable bonds is 5. The van der Waals surface area contributed by atoms with Crippen molar-refractivity contribution >= 4 is 0 Å². The van der Waals surface area contributed by atoms with Crippen LogP contribution in [-0.4, -0.2) is 23.7 Å². The van der Waals surface area contributed by atoms with Gasteiger partial charge in [-0.25, -0.2) is 8.78 Å². The van der Waals surface area contributed by atoms with E-state index >= 15 is 0 Å². The molecule has 2 nitrogen and oxygen atoms in total. The van der Waals surface area contributed by atoms with E-state index in [0.717, 1.165) is 19.2 Å². The summed E-state index contributed by atoms with van der Waals surface area (Å²) in [5, 5.41) is 0. The average molecular weight is 242 g/mol. The van der Waals surface area contributed by atoms with Crippen LogP contribution in [0.25, 0.3) is 0 Å². The zero-order valence-corrected chi connectivity index (χ0v) is 10.6. The number of halogens is 2. The van der Waals surface area contributed by atoms with Crippen LogP contribution in [0.3, 0.4) is 0 Å². The van der Waals surface area contributed by atoms with E-state index in [2.05, 4.69) is 4.90 Å². The Balaban J connectivity index is 2.85. The van der Waals surface area contributed by atoms with Gasteiger partial charge in [0.2, 0.25) is 0 Å². The lowest BCUT2D eigenvalue weighted by Gasteiger charge is -2.37. The van der Waals surface area contributed by atoms with Crippen molar-refractivity contribution in [1.82, 2.24) is 4.90 Å². The Morgan fingerprint density at radius 3 is 2.24 bits per heavy atom. The highest BCUT2D eigenvalue weighted by atomic mass is 19.2. The van der Waals surface area contributed by atoms with Gasteiger partial charge in [0.15, 0.2) is 11.6 Å². The molecule has 0 saturated heterocycles. The van der Waals surface area contributed by atoms with Crippen molar-refractivity contribution in [1.29, 1.82) is 0 Å². The van der Waals surface area contributed by atoms with Crippen molar-refractivity contribution in [2.75, 3.05) is 13.1 Å². The predicted molar refractivity (Wildman–Crippen MR) is 65.6 cm³/mol. The van der Waals surface area contributed by atoms with E-state index in [9.17, 15) is 8.78 Å². The molecule has 0 aliphatic carbocycles. The quantitative estimate of drug-likeness (QED) is 0.804. The Bertz CT molecular complexity index is 374. The van der Waals surface area contributed by atoms with Gasteiger partial charge < -0.3 is 5.73 Å². The monoisotopic (exact) mass is 242 g/mol. The van der Waals surface area contributed by atoms with Crippen LogP contribution in [0.4, 0.5) is 8.78 Å². The highest BCUT2D eigenvalue weighted by Gasteiger charge is 2.25. The third kappa shape index (κ3) is 3.48. The van der Waals surface area contributed by atoms with E-state index in [0.29, 0.717) is 12.0 Å². The minimum atomic E-state index is -0.824. The molecule has 0 heterocycles. The maximum Gasteiger partial charge on any atom is 0.159 e. The van der Waals surface area contributed by atoms with Crippen LogP contribution in [0.2, 0.25) is 0 Å². The third-order valence-corrected chi connectivity index (χ3v) is 3.03. The number of nitrogens with zero attached hydrogens (tertiary/aromatic N) is 1. The molecule has 0 aliphatic heterocycles. The molecule has 0 fully saturated rings. The molecule has 0 amide bonds. The first kappa shape index (κ1) is 14.1. The van der Waals surface area contributed by atoms with Gasteiger partial charge in [0.05, 0.1) is 5.66 Å². The average Bonchev–Trinajstić information content (AvgIpc) is 2.24. The zero-order valence-electron chi connectivity index (χ0n) is 10.6. The fourth-order valence-electron chi connectivity index (χ4n) is 2.12. The van der Waals surface area contributed by atoms with E-state index < -0.39 is 17.3 Å². The molecule has 1 unspecified atom stereocenters. The third-order valence-electron chi connectivity index (χ3n) is 3.03. The highest BCUT2D eigenvalue weighted by Crippen LogP contribution is 2.17. The Labute approximate surface area is 101 Å². The van der Waals surface area contributed by atoms with Gasteiger partial charge in [-0.15, -0.1) is 0 Å². The van der Waals surface area contributed by atoms with Gasteiger partial charge in [0.25, 0.3) is 0 Å². The molecule has 0 spiro atoms. The van der Waals surface area contributed by atoms with Crippen molar-refractivity contribution in [2.24, 2.45) is 5.73 Å². The number of benzene rings is 1. The summed E-state index contributed by atoms with van der Waals surface area (Å²) in [4.78, 5) is 2.09. The summed E-state index contributed by atoms with van der Waals surface area (Å²) in [7, 11) is 0. The minimum Gasteiger partial charge on any atom is -0.313 e. The lowest BCUT2D eigenvalue weighted by atomic mass is 10.00. The molecule has 1 atom stereocenters. The molecule has 1 aromatic rings. The molecular weight excluding hydrogens is 222 g/mol. The number of likely N-dealkylation sites (N-methyl/N-ethyl adjacent to an activating group) is 1. The molecule has 2 N–H and O–H groups in total. The molecule has 0 bridgehead atoms. The summed E-state index contributed by atoms with van der Waals surface area (Å²) in [6.07, 6.45) is 0.492. The van der Waals surface area contributed by atoms with Crippen LogP contribution in [0.15, 0.2) is 18.2 Å². The molecule has 0 aromatic heterocycles. The first-order valence-corrected chi connectivity index (χ1v) is 5.88. The van der Waals surface area contributed by atoms with E-state index in [-0.39, 0.29) is 0 Å². The van der Waals surface area contributed by atoms with Crippen LogP contribution in [-0.2, 0) is 6.42 Å². The van der Waals surface area contributed by atoms with Crippen LogP contribution in [0.1, 0.15) is 26.3 Å². The fourth-order valence-corrected chi connectivity index (χ4v) is 2.12. The molecular formula is C13H20F2N2. The van der Waals surface area contributed by atoms with Crippen LogP contribution in [0.5, 0.6) is 0 Å². The smallest absolute Gasteiger partial charge is 0.159 e. The number of hydrogen-bond acceptors (Lipinski definition) is 2. The second-order valence-corrected chi connectivity index (χ2v) is 4.45. The summed E-state index contributed by atoms with van der Waals surface area (Å²) in [5.41, 5.74) is 6.37. The Morgan fingerprint density at radius 2 is 1.76 bits per heavy atom. The van der Waals surface area contributed by atoms with Gasteiger partial charge >= 0.3 is 0 Å². The largest absolute Gasteiger partial charge is 0.313 e. The molecule has 0 radical (unpaired) electrons. The normalized spacial score (nSPS) is 15.0. The van der Waals surface area contributed by atoms with Crippen LogP contribution >= 0.6 is 0 Å². The highest BCUT2D eigenvalue weighted by molar-refractivity contribution is 5.19. The Morgan fingerprint density at radius 1 is 1.18 bits per heavy atom. The first-order valence-electron chi connectivity index (χ1n) is 5.88. The first-order chi connectivity index (χ1) is 7.90. The lowest BCUT2D eigenvalue weighted by molar-refractivity contribution is 0.123. The van der Waals surface area contributed by atoms with E-state index in [1.165, 1.54) is 6.07 Å². The maximum atomic E-state index is 13.1. The predicted octanol–water partition coefficient (Wildman–Crippen LogP) is 2.52. The molecule has 0 saturated carbocycles. The van der Waals surface area contributed by atoms with Crippen molar-refractivity contribution in [3.05, 3.63) is 35.4 Å². The van der Waals surface area contributed by atoms with E-state index in [1.54, 1.807) is 6.07 Å². The molecule has 1 aromatic carbocycles. The van der Waals surface area contributed by atoms with Crippen molar-refractivity contribution in [3.63, 3.8) is 0 Å². The molecule has 4 heteroatoms. The summed E-state index contributed by atoms with van der Waals surface area (Å²) in [5.74, 6) is -1.65. The Kier molecular flexibility index (Phi) is 4.60.